The lowest BCUT2D eigenvalue weighted by Gasteiger charge is -2.30. The summed E-state index contributed by atoms with van der Waals surface area (Å²) in [5, 5.41) is 11.3. The minimum Gasteiger partial charge on any atom is -0.381 e. The number of benzene rings is 1. The molecule has 42 heavy (non-hydrogen) atoms. The van der Waals surface area contributed by atoms with Crippen molar-refractivity contribution in [2.45, 2.75) is 71.9 Å². The van der Waals surface area contributed by atoms with E-state index in [2.05, 4.69) is 52.5 Å². The first-order chi connectivity index (χ1) is 20.4. The van der Waals surface area contributed by atoms with Crippen LogP contribution in [0.5, 0.6) is 0 Å². The lowest BCUT2D eigenvalue weighted by Crippen LogP contribution is -2.39. The van der Waals surface area contributed by atoms with E-state index in [-0.39, 0.29) is 11.9 Å². The van der Waals surface area contributed by atoms with Crippen LogP contribution in [0.1, 0.15) is 79.7 Å². The Morgan fingerprint density at radius 2 is 1.86 bits per heavy atom. The molecule has 222 valence electrons. The van der Waals surface area contributed by atoms with Gasteiger partial charge in [0.15, 0.2) is 5.65 Å². The molecule has 3 aromatic heterocycles. The first kappa shape index (κ1) is 28.1. The summed E-state index contributed by atoms with van der Waals surface area (Å²) in [4.78, 5) is 33.4. The van der Waals surface area contributed by atoms with Crippen molar-refractivity contribution in [1.29, 1.82) is 0 Å². The number of imidazole rings is 1. The Morgan fingerprint density at radius 3 is 2.62 bits per heavy atom. The zero-order valence-corrected chi connectivity index (χ0v) is 25.0. The first-order valence-electron chi connectivity index (χ1n) is 15.2. The average molecular weight is 572 g/mol. The van der Waals surface area contributed by atoms with Gasteiger partial charge in [-0.05, 0) is 50.0 Å². The van der Waals surface area contributed by atoms with E-state index in [9.17, 15) is 4.79 Å². The number of nitrogens with one attached hydrogen (secondary N) is 3. The number of H-pyrrole nitrogens is 1. The molecule has 0 unspecified atom stereocenters. The number of aryl methyl sites for hydroxylation is 1. The number of ether oxygens (including phenoxy) is 1. The van der Waals surface area contributed by atoms with Gasteiger partial charge in [-0.1, -0.05) is 45.0 Å². The van der Waals surface area contributed by atoms with E-state index in [1.54, 1.807) is 0 Å². The highest BCUT2D eigenvalue weighted by Gasteiger charge is 2.24. The van der Waals surface area contributed by atoms with E-state index in [1.165, 1.54) is 0 Å². The monoisotopic (exact) mass is 571 g/mol. The van der Waals surface area contributed by atoms with Gasteiger partial charge >= 0.3 is 0 Å². The maximum Gasteiger partial charge on any atom is 0.271 e. The molecule has 11 heteroatoms. The van der Waals surface area contributed by atoms with E-state index in [1.807, 2.05) is 35.8 Å². The Labute approximate surface area is 246 Å². The summed E-state index contributed by atoms with van der Waals surface area (Å²) in [5.74, 6) is 2.93. The fourth-order valence-corrected chi connectivity index (χ4v) is 5.74. The third-order valence-electron chi connectivity index (χ3n) is 8.44. The van der Waals surface area contributed by atoms with Crippen LogP contribution >= 0.6 is 0 Å². The number of hydrogen-bond donors (Lipinski definition) is 3. The predicted molar refractivity (Wildman–Crippen MR) is 163 cm³/mol. The molecule has 0 bridgehead atoms. The molecule has 2 aliphatic rings. The van der Waals surface area contributed by atoms with Crippen LogP contribution in [-0.2, 0) is 11.3 Å². The van der Waals surface area contributed by atoms with Crippen molar-refractivity contribution in [1.82, 2.24) is 34.9 Å². The quantitative estimate of drug-likeness (QED) is 0.278. The largest absolute Gasteiger partial charge is 0.381 e. The summed E-state index contributed by atoms with van der Waals surface area (Å²) in [6.45, 7) is 12.3. The zero-order valence-electron chi connectivity index (χ0n) is 25.0. The Hall–Kier alpha value is -3.99. The predicted octanol–water partition coefficient (Wildman–Crippen LogP) is 4.70. The highest BCUT2D eigenvalue weighted by Crippen LogP contribution is 2.27. The van der Waals surface area contributed by atoms with Gasteiger partial charge in [0.2, 0.25) is 11.9 Å². The Morgan fingerprint density at radius 1 is 1.10 bits per heavy atom. The number of rotatable bonds is 8. The van der Waals surface area contributed by atoms with Crippen LogP contribution < -0.4 is 15.5 Å². The molecule has 0 aliphatic carbocycles. The molecule has 4 aromatic rings. The summed E-state index contributed by atoms with van der Waals surface area (Å²) in [5.41, 5.74) is 5.07. The topological polar surface area (TPSA) is 125 Å². The van der Waals surface area contributed by atoms with Gasteiger partial charge in [-0.3, -0.25) is 4.79 Å². The van der Waals surface area contributed by atoms with E-state index in [0.29, 0.717) is 43.1 Å². The molecule has 2 fully saturated rings. The maximum atomic E-state index is 13.1. The standard InChI is InChI=1S/C31H41N9O2/c1-19(2)25-18-33-40-28(25)37-31(39-13-9-20(3)10-14-39)38-30(40)32-17-22-7-5-6-8-24(22)27-34-21(4)26(36-27)29(41)35-23-11-15-42-16-12-23/h5-8,18-20,23H,9-17H2,1-4H3,(H,34,36)(H,35,41)(H,32,37,38). The molecule has 5 heterocycles. The van der Waals surface area contributed by atoms with Crippen molar-refractivity contribution >= 4 is 23.5 Å². The number of carbonyl (C=O) groups excluding carboxylic acids is 1. The molecule has 3 N–H and O–H groups in total. The molecule has 0 saturated carbocycles. The van der Waals surface area contributed by atoms with Gasteiger partial charge in [0.25, 0.3) is 5.91 Å². The number of anilines is 2. The van der Waals surface area contributed by atoms with E-state index < -0.39 is 0 Å². The van der Waals surface area contributed by atoms with E-state index in [4.69, 9.17) is 19.7 Å². The van der Waals surface area contributed by atoms with Crippen molar-refractivity contribution in [3.63, 3.8) is 0 Å². The first-order valence-corrected chi connectivity index (χ1v) is 15.2. The van der Waals surface area contributed by atoms with Crippen LogP contribution in [0, 0.1) is 12.8 Å². The van der Waals surface area contributed by atoms with Gasteiger partial charge in [-0.2, -0.15) is 19.6 Å². The number of aromatic amines is 1. The Balaban J connectivity index is 1.26. The molecule has 6 rings (SSSR count). The van der Waals surface area contributed by atoms with Gasteiger partial charge < -0.3 is 25.3 Å². The molecule has 11 nitrogen and oxygen atoms in total. The van der Waals surface area contributed by atoms with Gasteiger partial charge in [-0.15, -0.1) is 0 Å². The van der Waals surface area contributed by atoms with Crippen LogP contribution in [0.15, 0.2) is 30.5 Å². The molecule has 0 atom stereocenters. The van der Waals surface area contributed by atoms with Gasteiger partial charge in [0.1, 0.15) is 11.5 Å². The maximum absolute atomic E-state index is 13.1. The molecule has 1 amide bonds. The van der Waals surface area contributed by atoms with Gasteiger partial charge in [0.05, 0.1) is 6.20 Å². The smallest absolute Gasteiger partial charge is 0.271 e. The van der Waals surface area contributed by atoms with Crippen molar-refractivity contribution in [2.24, 2.45) is 5.92 Å². The average Bonchev–Trinajstić information content (AvgIpc) is 3.61. The number of amides is 1. The summed E-state index contributed by atoms with van der Waals surface area (Å²) in [6, 6.07) is 8.20. The van der Waals surface area contributed by atoms with Crippen molar-refractivity contribution in [3.05, 3.63) is 53.0 Å². The summed E-state index contributed by atoms with van der Waals surface area (Å²) >= 11 is 0. The molecule has 2 aliphatic heterocycles. The third-order valence-corrected chi connectivity index (χ3v) is 8.44. The number of nitrogens with zero attached hydrogens (tertiary/aromatic N) is 6. The van der Waals surface area contributed by atoms with Crippen molar-refractivity contribution < 1.29 is 9.53 Å². The highest BCUT2D eigenvalue weighted by atomic mass is 16.5. The van der Waals surface area contributed by atoms with Crippen LogP contribution in [0.4, 0.5) is 11.9 Å². The third kappa shape index (κ3) is 5.83. The van der Waals surface area contributed by atoms with Gasteiger partial charge in [0, 0.05) is 55.7 Å². The number of fused-ring (bicyclic) bond motifs is 1. The van der Waals surface area contributed by atoms with E-state index in [0.717, 1.165) is 78.7 Å². The molecule has 1 aromatic carbocycles. The van der Waals surface area contributed by atoms with Crippen LogP contribution in [0.3, 0.4) is 0 Å². The number of carbonyl (C=O) groups is 1. The van der Waals surface area contributed by atoms with Crippen LogP contribution in [0.25, 0.3) is 17.0 Å². The summed E-state index contributed by atoms with van der Waals surface area (Å²) < 4.78 is 7.23. The second-order valence-electron chi connectivity index (χ2n) is 11.9. The van der Waals surface area contributed by atoms with Crippen LogP contribution in [-0.4, -0.2) is 67.8 Å². The fraction of sp³-hybridized carbons (Fsp3) is 0.516. The molecule has 0 spiro atoms. The number of piperidine rings is 1. The normalized spacial score (nSPS) is 16.8. The van der Waals surface area contributed by atoms with Crippen molar-refractivity contribution in [2.75, 3.05) is 36.5 Å². The summed E-state index contributed by atoms with van der Waals surface area (Å²) in [7, 11) is 0. The van der Waals surface area contributed by atoms with E-state index >= 15 is 0 Å². The highest BCUT2D eigenvalue weighted by molar-refractivity contribution is 5.94. The molecular formula is C31H41N9O2. The number of hydrogen-bond acceptors (Lipinski definition) is 8. The minimum absolute atomic E-state index is 0.115. The summed E-state index contributed by atoms with van der Waals surface area (Å²) in [6.07, 6.45) is 5.81. The molecule has 0 radical (unpaired) electrons. The lowest BCUT2D eigenvalue weighted by atomic mass is 10.00. The number of aromatic nitrogens is 6. The SMILES string of the molecule is Cc1[nH]c(-c2ccccc2CNc2nc(N3CCC(C)CC3)nc3c(C(C)C)cnn23)nc1C(=O)NC1CCOCC1. The zero-order chi connectivity index (χ0) is 29.2. The minimum atomic E-state index is -0.153. The lowest BCUT2D eigenvalue weighted by molar-refractivity contribution is 0.0694. The Kier molecular flexibility index (Phi) is 8.10. The second-order valence-corrected chi connectivity index (χ2v) is 11.9. The van der Waals surface area contributed by atoms with Crippen molar-refractivity contribution in [3.8, 4) is 11.4 Å². The Bertz CT molecular complexity index is 1550. The second kappa shape index (κ2) is 12.1. The molecule has 2 saturated heterocycles. The fourth-order valence-electron chi connectivity index (χ4n) is 5.74. The van der Waals surface area contributed by atoms with Crippen LogP contribution in [0.2, 0.25) is 0 Å². The molecular weight excluding hydrogens is 530 g/mol. The van der Waals surface area contributed by atoms with Gasteiger partial charge in [-0.25, -0.2) is 4.98 Å².